The topological polar surface area (TPSA) is 105 Å². The molecule has 1 aliphatic heterocycles. The predicted octanol–water partition coefficient (Wildman–Crippen LogP) is 4.96. The molecule has 39 heavy (non-hydrogen) atoms. The van der Waals surface area contributed by atoms with Crippen molar-refractivity contribution < 1.29 is 19.0 Å². The zero-order chi connectivity index (χ0) is 27.7. The van der Waals surface area contributed by atoms with Gasteiger partial charge in [0, 0.05) is 49.6 Å². The normalized spacial score (nSPS) is 13.9. The maximum atomic E-state index is 13.2. The van der Waals surface area contributed by atoms with Gasteiger partial charge in [0.1, 0.15) is 17.2 Å². The van der Waals surface area contributed by atoms with Gasteiger partial charge in [0.05, 0.1) is 48.0 Å². The Bertz CT molecular complexity index is 1510. The van der Waals surface area contributed by atoms with Crippen LogP contribution in [0.2, 0.25) is 10.0 Å². The number of benzene rings is 2. The number of aromatic nitrogens is 3. The zero-order valence-electron chi connectivity index (χ0n) is 22.0. The van der Waals surface area contributed by atoms with Crippen LogP contribution in [0.25, 0.3) is 22.3 Å². The lowest BCUT2D eigenvalue weighted by Crippen LogP contribution is -2.44. The van der Waals surface area contributed by atoms with Crippen LogP contribution in [0.3, 0.4) is 0 Å². The molecule has 2 N–H and O–H groups in total. The first-order chi connectivity index (χ1) is 18.8. The minimum absolute atomic E-state index is 0.301. The lowest BCUT2D eigenvalue weighted by atomic mass is 10.1. The van der Waals surface area contributed by atoms with Crippen LogP contribution in [0, 0.1) is 0 Å². The van der Waals surface area contributed by atoms with E-state index in [-0.39, 0.29) is 5.91 Å². The molecular formula is C27H28Cl2N6O4. The van der Waals surface area contributed by atoms with E-state index >= 15 is 0 Å². The van der Waals surface area contributed by atoms with E-state index in [4.69, 9.17) is 37.4 Å². The zero-order valence-corrected chi connectivity index (χ0v) is 23.5. The van der Waals surface area contributed by atoms with Gasteiger partial charge in [0.2, 0.25) is 0 Å². The molecule has 10 nitrogen and oxygen atoms in total. The van der Waals surface area contributed by atoms with Crippen LogP contribution in [0.1, 0.15) is 10.4 Å². The number of likely N-dealkylation sites (N-methyl/N-ethyl adjacent to an activating group) is 1. The quantitative estimate of drug-likeness (QED) is 0.321. The molecule has 0 spiro atoms. The number of methoxy groups -OCH3 is 3. The first kappa shape index (κ1) is 26.9. The first-order valence-electron chi connectivity index (χ1n) is 12.2. The van der Waals surface area contributed by atoms with Crippen LogP contribution in [-0.2, 0) is 0 Å². The van der Waals surface area contributed by atoms with Gasteiger partial charge in [-0.3, -0.25) is 9.89 Å². The van der Waals surface area contributed by atoms with E-state index in [9.17, 15) is 4.79 Å². The van der Waals surface area contributed by atoms with Crippen molar-refractivity contribution in [1.82, 2.24) is 20.1 Å². The van der Waals surface area contributed by atoms with E-state index in [0.717, 1.165) is 31.9 Å². The van der Waals surface area contributed by atoms with Crippen molar-refractivity contribution in [3.63, 3.8) is 0 Å². The van der Waals surface area contributed by atoms with Crippen molar-refractivity contribution in [2.45, 2.75) is 0 Å². The van der Waals surface area contributed by atoms with E-state index in [1.807, 2.05) is 12.1 Å². The van der Waals surface area contributed by atoms with Gasteiger partial charge >= 0.3 is 0 Å². The minimum atomic E-state index is -0.349. The molecule has 0 atom stereocenters. The summed E-state index contributed by atoms with van der Waals surface area (Å²) in [5, 5.41) is 11.2. The summed E-state index contributed by atoms with van der Waals surface area (Å²) in [5.41, 5.74) is 2.80. The number of carbonyl (C=O) groups excluding carboxylic acids is 1. The third-order valence-electron chi connectivity index (χ3n) is 6.78. The highest BCUT2D eigenvalue weighted by Crippen LogP contribution is 2.45. The second-order valence-electron chi connectivity index (χ2n) is 9.08. The number of anilines is 2. The van der Waals surface area contributed by atoms with Gasteiger partial charge in [-0.1, -0.05) is 23.2 Å². The Morgan fingerprint density at radius 1 is 0.923 bits per heavy atom. The standard InChI is InChI=1S/C27H28Cl2N6O4/c1-34-9-11-35(12-10-34)15-5-6-16(19(13-15)37-2)27(36)31-26-17-7-8-18(30-25(17)32-33-26)22-23(28)20(38-3)14-21(39-4)24(22)29/h5-8,13-14H,9-12H2,1-4H3,(H2,30,31,32,33,36). The van der Waals surface area contributed by atoms with Crippen molar-refractivity contribution in [3.8, 4) is 28.5 Å². The number of piperazine rings is 1. The highest BCUT2D eigenvalue weighted by molar-refractivity contribution is 6.41. The molecule has 2 aromatic carbocycles. The Balaban J connectivity index is 1.41. The summed E-state index contributed by atoms with van der Waals surface area (Å²) in [6, 6.07) is 10.7. The number of rotatable bonds is 7. The number of ether oxygens (including phenoxy) is 3. The fourth-order valence-electron chi connectivity index (χ4n) is 4.55. The molecule has 4 aromatic rings. The summed E-state index contributed by atoms with van der Waals surface area (Å²) < 4.78 is 16.3. The molecule has 0 bridgehead atoms. The van der Waals surface area contributed by atoms with Gasteiger partial charge in [0.25, 0.3) is 5.91 Å². The number of hydrogen-bond acceptors (Lipinski definition) is 8. The lowest BCUT2D eigenvalue weighted by molar-refractivity contribution is 0.102. The number of pyridine rings is 1. The van der Waals surface area contributed by atoms with Crippen LogP contribution in [-0.4, -0.2) is 80.5 Å². The van der Waals surface area contributed by atoms with Gasteiger partial charge in [-0.2, -0.15) is 5.10 Å². The van der Waals surface area contributed by atoms with E-state index in [1.165, 1.54) is 14.2 Å². The van der Waals surface area contributed by atoms with Gasteiger partial charge in [-0.25, -0.2) is 4.98 Å². The summed E-state index contributed by atoms with van der Waals surface area (Å²) in [4.78, 5) is 22.4. The summed E-state index contributed by atoms with van der Waals surface area (Å²) >= 11 is 13.1. The number of aromatic amines is 1. The van der Waals surface area contributed by atoms with E-state index < -0.39 is 0 Å². The molecule has 1 saturated heterocycles. The molecule has 0 aliphatic carbocycles. The van der Waals surface area contributed by atoms with Crippen molar-refractivity contribution in [2.75, 3.05) is 64.8 Å². The van der Waals surface area contributed by atoms with Crippen molar-refractivity contribution >= 4 is 51.6 Å². The fourth-order valence-corrected chi connectivity index (χ4v) is 5.25. The molecular weight excluding hydrogens is 543 g/mol. The van der Waals surface area contributed by atoms with Crippen LogP contribution in [0.4, 0.5) is 11.5 Å². The average Bonchev–Trinajstić information content (AvgIpc) is 3.35. The minimum Gasteiger partial charge on any atom is -0.496 e. The van der Waals surface area contributed by atoms with E-state index in [0.29, 0.717) is 61.0 Å². The largest absolute Gasteiger partial charge is 0.496 e. The molecule has 1 fully saturated rings. The molecule has 0 saturated carbocycles. The molecule has 204 valence electrons. The van der Waals surface area contributed by atoms with Crippen LogP contribution >= 0.6 is 23.2 Å². The SMILES string of the molecule is COc1cc(N2CCN(C)CC2)ccc1C(=O)Nc1n[nH]c2nc(-c3c(Cl)c(OC)cc(OC)c3Cl)ccc12. The Hall–Kier alpha value is -3.73. The summed E-state index contributed by atoms with van der Waals surface area (Å²) in [6.45, 7) is 3.80. The highest BCUT2D eigenvalue weighted by atomic mass is 35.5. The van der Waals surface area contributed by atoms with Gasteiger partial charge in [-0.15, -0.1) is 0 Å². The van der Waals surface area contributed by atoms with Crippen LogP contribution < -0.4 is 24.4 Å². The molecule has 1 aliphatic rings. The molecule has 0 radical (unpaired) electrons. The lowest BCUT2D eigenvalue weighted by Gasteiger charge is -2.34. The maximum Gasteiger partial charge on any atom is 0.260 e. The summed E-state index contributed by atoms with van der Waals surface area (Å²) in [7, 11) is 6.68. The van der Waals surface area contributed by atoms with Crippen molar-refractivity contribution in [1.29, 1.82) is 0 Å². The molecule has 0 unspecified atom stereocenters. The summed E-state index contributed by atoms with van der Waals surface area (Å²) in [6.07, 6.45) is 0. The summed E-state index contributed by atoms with van der Waals surface area (Å²) in [5.74, 6) is 1.28. The molecule has 3 heterocycles. The number of nitrogens with one attached hydrogen (secondary N) is 2. The van der Waals surface area contributed by atoms with Gasteiger partial charge in [0.15, 0.2) is 11.5 Å². The third kappa shape index (κ3) is 5.15. The molecule has 1 amide bonds. The number of fused-ring (bicyclic) bond motifs is 1. The highest BCUT2D eigenvalue weighted by Gasteiger charge is 2.22. The van der Waals surface area contributed by atoms with Gasteiger partial charge in [-0.05, 0) is 31.3 Å². The second-order valence-corrected chi connectivity index (χ2v) is 9.83. The van der Waals surface area contributed by atoms with Crippen molar-refractivity contribution in [3.05, 3.63) is 52.0 Å². The number of halogens is 2. The smallest absolute Gasteiger partial charge is 0.260 e. The number of nitrogens with zero attached hydrogens (tertiary/aromatic N) is 4. The Morgan fingerprint density at radius 3 is 2.23 bits per heavy atom. The number of amides is 1. The average molecular weight is 571 g/mol. The first-order valence-corrected chi connectivity index (χ1v) is 13.0. The Morgan fingerprint density at radius 2 is 1.59 bits per heavy atom. The Labute approximate surface area is 235 Å². The predicted molar refractivity (Wildman–Crippen MR) is 153 cm³/mol. The number of carbonyl (C=O) groups is 1. The van der Waals surface area contributed by atoms with Gasteiger partial charge < -0.3 is 29.3 Å². The van der Waals surface area contributed by atoms with E-state index in [1.54, 1.807) is 31.4 Å². The molecule has 12 heteroatoms. The monoisotopic (exact) mass is 570 g/mol. The van der Waals surface area contributed by atoms with E-state index in [2.05, 4.69) is 37.3 Å². The second kappa shape index (κ2) is 11.2. The Kier molecular flexibility index (Phi) is 7.69. The number of H-pyrrole nitrogens is 1. The fraction of sp³-hybridized carbons (Fsp3) is 0.296. The van der Waals surface area contributed by atoms with Crippen molar-refractivity contribution in [2.24, 2.45) is 0 Å². The molecule has 5 rings (SSSR count). The number of hydrogen-bond donors (Lipinski definition) is 2. The maximum absolute atomic E-state index is 13.2. The third-order valence-corrected chi connectivity index (χ3v) is 7.53. The van der Waals surface area contributed by atoms with Crippen LogP contribution in [0.15, 0.2) is 36.4 Å². The van der Waals surface area contributed by atoms with Crippen LogP contribution in [0.5, 0.6) is 17.2 Å². The molecule has 2 aromatic heterocycles.